The molecular weight excluding hydrogens is 379 g/mol. The van der Waals surface area contributed by atoms with Gasteiger partial charge in [-0.1, -0.05) is 0 Å². The van der Waals surface area contributed by atoms with E-state index in [2.05, 4.69) is 4.98 Å². The molecule has 0 radical (unpaired) electrons. The van der Waals surface area contributed by atoms with Crippen molar-refractivity contribution in [3.8, 4) is 17.1 Å². The first-order valence-electron chi connectivity index (χ1n) is 9.34. The Hall–Kier alpha value is -3.26. The monoisotopic (exact) mass is 394 g/mol. The molecular formula is C21H15FN2O5. The summed E-state index contributed by atoms with van der Waals surface area (Å²) in [4.78, 5) is 29.5. The lowest BCUT2D eigenvalue weighted by molar-refractivity contribution is -0.157. The molecule has 146 valence electrons. The van der Waals surface area contributed by atoms with Crippen molar-refractivity contribution in [3.63, 3.8) is 0 Å². The summed E-state index contributed by atoms with van der Waals surface area (Å²) in [6.07, 6.45) is -0.869. The molecule has 0 spiro atoms. The van der Waals surface area contributed by atoms with Crippen LogP contribution in [0.25, 0.3) is 22.3 Å². The zero-order valence-corrected chi connectivity index (χ0v) is 15.4. The number of hydrogen-bond acceptors (Lipinski definition) is 6. The van der Waals surface area contributed by atoms with Crippen LogP contribution in [-0.4, -0.2) is 27.2 Å². The van der Waals surface area contributed by atoms with Gasteiger partial charge in [-0.25, -0.2) is 14.2 Å². The number of benzene rings is 1. The molecule has 1 aromatic carbocycles. The largest absolute Gasteiger partial charge is 0.492 e. The Balaban J connectivity index is 1.68. The van der Waals surface area contributed by atoms with Crippen LogP contribution < -0.4 is 10.3 Å². The van der Waals surface area contributed by atoms with E-state index in [0.717, 1.165) is 16.5 Å². The molecule has 2 aromatic heterocycles. The SMILES string of the molecule is Cc1c(F)cc2nc3c(c4c2c1OCC4)Cn1c-3cc2c(c1=O)COC(=O)C2O. The minimum Gasteiger partial charge on any atom is -0.492 e. The van der Waals surface area contributed by atoms with E-state index in [1.807, 2.05) is 0 Å². The first kappa shape index (κ1) is 16.7. The normalized spacial score (nSPS) is 18.7. The molecule has 8 heteroatoms. The van der Waals surface area contributed by atoms with Crippen LogP contribution in [-0.2, 0) is 29.1 Å². The molecule has 5 heterocycles. The van der Waals surface area contributed by atoms with Gasteiger partial charge in [-0.15, -0.1) is 0 Å². The third kappa shape index (κ3) is 2.01. The number of hydrogen-bond donors (Lipinski definition) is 1. The lowest BCUT2D eigenvalue weighted by Gasteiger charge is -2.22. The van der Waals surface area contributed by atoms with E-state index in [1.54, 1.807) is 17.6 Å². The highest BCUT2D eigenvalue weighted by Gasteiger charge is 2.35. The zero-order valence-electron chi connectivity index (χ0n) is 15.4. The lowest BCUT2D eigenvalue weighted by atomic mass is 9.94. The summed E-state index contributed by atoms with van der Waals surface area (Å²) in [6.45, 7) is 2.27. The summed E-state index contributed by atoms with van der Waals surface area (Å²) in [6, 6.07) is 3.02. The third-order valence-corrected chi connectivity index (χ3v) is 6.10. The van der Waals surface area contributed by atoms with Gasteiger partial charge in [0.15, 0.2) is 6.10 Å². The van der Waals surface area contributed by atoms with Crippen LogP contribution >= 0.6 is 0 Å². The number of nitrogens with zero attached hydrogens (tertiary/aromatic N) is 2. The molecule has 1 atom stereocenters. The first-order chi connectivity index (χ1) is 14.0. The average Bonchev–Trinajstić information content (AvgIpc) is 3.08. The average molecular weight is 394 g/mol. The van der Waals surface area contributed by atoms with Gasteiger partial charge in [0.1, 0.15) is 18.2 Å². The fraction of sp³-hybridized carbons (Fsp3) is 0.286. The number of fused-ring (bicyclic) bond motifs is 5. The van der Waals surface area contributed by atoms with Crippen LogP contribution in [0, 0.1) is 12.7 Å². The van der Waals surface area contributed by atoms with E-state index in [1.165, 1.54) is 6.07 Å². The highest BCUT2D eigenvalue weighted by atomic mass is 19.1. The standard InChI is InChI=1S/C21H15FN2O5/c1-8-13(22)5-14-16-9(2-3-28-19(8)16)11-6-24-15(17(11)23-14)4-10-12(20(24)26)7-29-21(27)18(10)25/h4-5,18,25H,2-3,6-7H2,1H3. The van der Waals surface area contributed by atoms with Crippen LogP contribution in [0.1, 0.15) is 33.9 Å². The molecule has 0 fully saturated rings. The van der Waals surface area contributed by atoms with Gasteiger partial charge in [-0.05, 0) is 18.6 Å². The summed E-state index contributed by atoms with van der Waals surface area (Å²) in [5, 5.41) is 11.0. The molecule has 0 saturated carbocycles. The molecule has 6 rings (SSSR count). The smallest absolute Gasteiger partial charge is 0.340 e. The molecule has 0 amide bonds. The van der Waals surface area contributed by atoms with E-state index in [9.17, 15) is 19.1 Å². The maximum atomic E-state index is 14.4. The Labute approximate surface area is 163 Å². The van der Waals surface area contributed by atoms with E-state index in [0.29, 0.717) is 47.8 Å². The number of aliphatic hydroxyl groups excluding tert-OH is 1. The Bertz CT molecular complexity index is 1340. The number of rotatable bonds is 0. The summed E-state index contributed by atoms with van der Waals surface area (Å²) in [5.41, 5.74) is 4.12. The van der Waals surface area contributed by atoms with Crippen molar-refractivity contribution >= 4 is 16.9 Å². The second kappa shape index (κ2) is 5.42. The van der Waals surface area contributed by atoms with Gasteiger partial charge in [0.2, 0.25) is 0 Å². The lowest BCUT2D eigenvalue weighted by Crippen LogP contribution is -2.32. The Morgan fingerprint density at radius 2 is 2.03 bits per heavy atom. The van der Waals surface area contributed by atoms with Gasteiger partial charge >= 0.3 is 5.97 Å². The number of pyridine rings is 2. The second-order valence-corrected chi connectivity index (χ2v) is 7.59. The van der Waals surface area contributed by atoms with Crippen LogP contribution in [0.15, 0.2) is 16.9 Å². The molecule has 29 heavy (non-hydrogen) atoms. The zero-order chi connectivity index (χ0) is 20.0. The van der Waals surface area contributed by atoms with Crippen molar-refractivity contribution in [2.24, 2.45) is 0 Å². The summed E-state index contributed by atoms with van der Waals surface area (Å²) in [7, 11) is 0. The van der Waals surface area contributed by atoms with Gasteiger partial charge < -0.3 is 19.1 Å². The number of aromatic nitrogens is 2. The Morgan fingerprint density at radius 3 is 2.86 bits per heavy atom. The predicted octanol–water partition coefficient (Wildman–Crippen LogP) is 1.90. The minimum absolute atomic E-state index is 0.161. The minimum atomic E-state index is -1.50. The number of ether oxygens (including phenoxy) is 2. The predicted molar refractivity (Wildman–Crippen MR) is 99.2 cm³/mol. The number of carbonyl (C=O) groups is 1. The quantitative estimate of drug-likeness (QED) is 0.458. The van der Waals surface area contributed by atoms with E-state index in [4.69, 9.17) is 9.47 Å². The maximum absolute atomic E-state index is 14.4. The first-order valence-corrected chi connectivity index (χ1v) is 9.34. The third-order valence-electron chi connectivity index (χ3n) is 6.10. The van der Waals surface area contributed by atoms with Gasteiger partial charge in [-0.2, -0.15) is 0 Å². The van der Waals surface area contributed by atoms with Crippen LogP contribution in [0.4, 0.5) is 4.39 Å². The maximum Gasteiger partial charge on any atom is 0.340 e. The topological polar surface area (TPSA) is 90.7 Å². The summed E-state index contributed by atoms with van der Waals surface area (Å²) in [5.74, 6) is -0.665. The van der Waals surface area contributed by atoms with E-state index < -0.39 is 17.9 Å². The molecule has 3 aliphatic rings. The fourth-order valence-corrected chi connectivity index (χ4v) is 4.63. The molecule has 1 unspecified atom stereocenters. The molecule has 3 aromatic rings. The summed E-state index contributed by atoms with van der Waals surface area (Å²) < 4.78 is 26.7. The number of cyclic esters (lactones) is 1. The molecule has 3 aliphatic heterocycles. The fourth-order valence-electron chi connectivity index (χ4n) is 4.63. The van der Waals surface area contributed by atoms with Crippen LogP contribution in [0.3, 0.4) is 0 Å². The molecule has 0 saturated heterocycles. The van der Waals surface area contributed by atoms with Crippen LogP contribution in [0.5, 0.6) is 5.75 Å². The van der Waals surface area contributed by atoms with Gasteiger partial charge in [0, 0.05) is 34.6 Å². The molecule has 7 nitrogen and oxygen atoms in total. The van der Waals surface area contributed by atoms with Gasteiger partial charge in [0.05, 0.1) is 35.6 Å². The Kier molecular flexibility index (Phi) is 3.11. The van der Waals surface area contributed by atoms with Crippen molar-refractivity contribution in [2.45, 2.75) is 32.6 Å². The van der Waals surface area contributed by atoms with Gasteiger partial charge in [0.25, 0.3) is 5.56 Å². The highest BCUT2D eigenvalue weighted by Crippen LogP contribution is 2.43. The van der Waals surface area contributed by atoms with Crippen molar-refractivity contribution in [3.05, 3.63) is 56.1 Å². The van der Waals surface area contributed by atoms with Crippen LogP contribution in [0.2, 0.25) is 0 Å². The van der Waals surface area contributed by atoms with E-state index in [-0.39, 0.29) is 23.3 Å². The molecule has 1 N–H and O–H groups in total. The summed E-state index contributed by atoms with van der Waals surface area (Å²) >= 11 is 0. The molecule has 0 aliphatic carbocycles. The number of aliphatic hydroxyl groups is 1. The van der Waals surface area contributed by atoms with Crippen molar-refractivity contribution in [1.29, 1.82) is 0 Å². The van der Waals surface area contributed by atoms with Crippen molar-refractivity contribution in [2.75, 3.05) is 6.61 Å². The van der Waals surface area contributed by atoms with Crippen molar-refractivity contribution < 1.29 is 23.8 Å². The molecule has 0 bridgehead atoms. The number of esters is 1. The second-order valence-electron chi connectivity index (χ2n) is 7.59. The van der Waals surface area contributed by atoms with Crippen molar-refractivity contribution in [1.82, 2.24) is 9.55 Å². The number of carbonyl (C=O) groups excluding carboxylic acids is 1. The number of halogens is 1. The Morgan fingerprint density at radius 1 is 1.21 bits per heavy atom. The van der Waals surface area contributed by atoms with Gasteiger partial charge in [-0.3, -0.25) is 4.79 Å². The van der Waals surface area contributed by atoms with E-state index >= 15 is 0 Å². The highest BCUT2D eigenvalue weighted by molar-refractivity contribution is 5.94.